The van der Waals surface area contributed by atoms with Crippen molar-refractivity contribution in [2.45, 2.75) is 6.18 Å². The van der Waals surface area contributed by atoms with Crippen molar-refractivity contribution in [2.24, 2.45) is 0 Å². The van der Waals surface area contributed by atoms with Crippen molar-refractivity contribution in [3.63, 3.8) is 0 Å². The summed E-state index contributed by atoms with van der Waals surface area (Å²) in [5.74, 6) is -0.469. The van der Waals surface area contributed by atoms with Crippen LogP contribution in [-0.2, 0) is 6.18 Å². The number of ketones is 1. The molecule has 2 heterocycles. The number of benzene rings is 2. The average Bonchev–Trinajstić information content (AvgIpc) is 2.74. The van der Waals surface area contributed by atoms with E-state index in [1.165, 1.54) is 36.5 Å². The zero-order chi connectivity index (χ0) is 21.5. The van der Waals surface area contributed by atoms with Gasteiger partial charge in [-0.3, -0.25) is 14.8 Å². The molecule has 4 rings (SSSR count). The minimum absolute atomic E-state index is 0.110. The van der Waals surface area contributed by atoms with E-state index in [4.69, 9.17) is 23.2 Å². The first-order chi connectivity index (χ1) is 14.3. The molecule has 0 aliphatic rings. The molecular formula is C22H11Cl2F3N2O. The minimum Gasteiger partial charge on any atom is -0.287 e. The topological polar surface area (TPSA) is 42.9 Å². The van der Waals surface area contributed by atoms with Crippen LogP contribution in [-0.4, -0.2) is 15.8 Å². The number of nitrogens with zero attached hydrogens (tertiary/aromatic N) is 2. The molecule has 0 unspecified atom stereocenters. The third kappa shape index (κ3) is 3.64. The highest BCUT2D eigenvalue weighted by Crippen LogP contribution is 2.40. The van der Waals surface area contributed by atoms with Crippen LogP contribution in [0.1, 0.15) is 21.6 Å². The average molecular weight is 447 g/mol. The molecule has 0 radical (unpaired) electrons. The van der Waals surface area contributed by atoms with Crippen LogP contribution in [0.25, 0.3) is 22.0 Å². The van der Waals surface area contributed by atoms with Crippen LogP contribution in [0.3, 0.4) is 0 Å². The van der Waals surface area contributed by atoms with E-state index in [2.05, 4.69) is 9.97 Å². The monoisotopic (exact) mass is 446 g/mol. The Morgan fingerprint density at radius 1 is 0.900 bits per heavy atom. The van der Waals surface area contributed by atoms with Gasteiger partial charge in [0.2, 0.25) is 5.78 Å². The normalized spacial score (nSPS) is 11.6. The van der Waals surface area contributed by atoms with E-state index in [1.54, 1.807) is 18.2 Å². The lowest BCUT2D eigenvalue weighted by molar-refractivity contribution is -0.136. The first kappa shape index (κ1) is 20.3. The van der Waals surface area contributed by atoms with Crippen molar-refractivity contribution < 1.29 is 18.0 Å². The van der Waals surface area contributed by atoms with Gasteiger partial charge in [-0.25, -0.2) is 0 Å². The fourth-order valence-electron chi connectivity index (χ4n) is 3.22. The van der Waals surface area contributed by atoms with Gasteiger partial charge >= 0.3 is 6.18 Å². The van der Waals surface area contributed by atoms with Crippen LogP contribution in [0.15, 0.2) is 67.0 Å². The van der Waals surface area contributed by atoms with Gasteiger partial charge in [0.15, 0.2) is 0 Å². The second kappa shape index (κ2) is 7.70. The van der Waals surface area contributed by atoms with Crippen molar-refractivity contribution >= 4 is 39.9 Å². The lowest BCUT2D eigenvalue weighted by Gasteiger charge is -2.16. The Morgan fingerprint density at radius 3 is 2.37 bits per heavy atom. The fourth-order valence-corrected chi connectivity index (χ4v) is 3.52. The Morgan fingerprint density at radius 2 is 1.70 bits per heavy atom. The predicted molar refractivity (Wildman–Crippen MR) is 110 cm³/mol. The maximum atomic E-state index is 13.5. The molecule has 2 aromatic carbocycles. The number of halogens is 5. The van der Waals surface area contributed by atoms with Crippen LogP contribution in [0.5, 0.6) is 0 Å². The molecule has 150 valence electrons. The highest BCUT2D eigenvalue weighted by molar-refractivity contribution is 6.42. The maximum absolute atomic E-state index is 13.5. The van der Waals surface area contributed by atoms with Crippen molar-refractivity contribution in [2.75, 3.05) is 0 Å². The number of hydrogen-bond acceptors (Lipinski definition) is 3. The van der Waals surface area contributed by atoms with Crippen molar-refractivity contribution in [1.29, 1.82) is 0 Å². The lowest BCUT2D eigenvalue weighted by Crippen LogP contribution is -2.10. The SMILES string of the molecule is O=C(c1ccccn1)c1cnc2c(C(F)(F)F)cccc2c1-c1ccc(Cl)c(Cl)c1. The molecule has 0 bridgehead atoms. The summed E-state index contributed by atoms with van der Waals surface area (Å²) in [7, 11) is 0. The molecule has 0 fully saturated rings. The maximum Gasteiger partial charge on any atom is 0.418 e. The number of pyridine rings is 2. The van der Waals surface area contributed by atoms with Gasteiger partial charge in [-0.1, -0.05) is 47.5 Å². The molecule has 0 saturated heterocycles. The Balaban J connectivity index is 2.07. The largest absolute Gasteiger partial charge is 0.418 e. The molecule has 0 aliphatic carbocycles. The predicted octanol–water partition coefficient (Wildman–Crippen LogP) is 6.85. The van der Waals surface area contributed by atoms with Crippen molar-refractivity contribution in [3.8, 4) is 11.1 Å². The molecule has 0 aliphatic heterocycles. The number of fused-ring (bicyclic) bond motifs is 1. The van der Waals surface area contributed by atoms with Gasteiger partial charge in [0, 0.05) is 23.3 Å². The standard InChI is InChI=1S/C22H11Cl2F3N2O/c23-16-8-7-12(10-17(16)24)19-13-4-3-5-15(22(25,26)27)20(13)29-11-14(19)21(30)18-6-1-2-9-28-18/h1-11H. The molecule has 30 heavy (non-hydrogen) atoms. The van der Waals surface area contributed by atoms with Gasteiger partial charge in [-0.15, -0.1) is 0 Å². The Hall–Kier alpha value is -2.96. The number of para-hydroxylation sites is 1. The highest BCUT2D eigenvalue weighted by Gasteiger charge is 2.34. The van der Waals surface area contributed by atoms with Gasteiger partial charge in [0.1, 0.15) is 5.69 Å². The Kier molecular flexibility index (Phi) is 5.22. The van der Waals surface area contributed by atoms with E-state index < -0.39 is 17.5 Å². The van der Waals surface area contributed by atoms with E-state index in [0.29, 0.717) is 5.56 Å². The number of aromatic nitrogens is 2. The summed E-state index contributed by atoms with van der Waals surface area (Å²) < 4.78 is 40.6. The van der Waals surface area contributed by atoms with E-state index in [0.717, 1.165) is 12.3 Å². The third-order valence-corrected chi connectivity index (χ3v) is 5.29. The smallest absolute Gasteiger partial charge is 0.287 e. The number of alkyl halides is 3. The second-order valence-corrected chi connectivity index (χ2v) is 7.23. The molecule has 2 aromatic heterocycles. The fraction of sp³-hybridized carbons (Fsp3) is 0.0455. The molecule has 0 atom stereocenters. The number of rotatable bonds is 3. The van der Waals surface area contributed by atoms with Gasteiger partial charge in [0.05, 0.1) is 26.7 Å². The number of hydrogen-bond donors (Lipinski definition) is 0. The van der Waals surface area contributed by atoms with Crippen molar-refractivity contribution in [1.82, 2.24) is 9.97 Å². The van der Waals surface area contributed by atoms with Gasteiger partial charge in [-0.2, -0.15) is 13.2 Å². The van der Waals surface area contributed by atoms with Gasteiger partial charge < -0.3 is 0 Å². The van der Waals surface area contributed by atoms with Crippen molar-refractivity contribution in [3.05, 3.63) is 93.9 Å². The summed E-state index contributed by atoms with van der Waals surface area (Å²) in [4.78, 5) is 21.2. The Bertz CT molecular complexity index is 1270. The number of carbonyl (C=O) groups excluding carboxylic acids is 1. The summed E-state index contributed by atoms with van der Waals surface area (Å²) in [6.07, 6.45) is -2.00. The molecule has 0 saturated carbocycles. The first-order valence-corrected chi connectivity index (χ1v) is 9.43. The lowest BCUT2D eigenvalue weighted by atomic mass is 9.92. The van der Waals surface area contributed by atoms with Crippen LogP contribution in [0.2, 0.25) is 10.0 Å². The summed E-state index contributed by atoms with van der Waals surface area (Å²) in [5, 5.41) is 0.666. The van der Waals surface area contributed by atoms with Crippen LogP contribution < -0.4 is 0 Å². The molecule has 0 amide bonds. The van der Waals surface area contributed by atoms with E-state index in [9.17, 15) is 18.0 Å². The molecule has 4 aromatic rings. The van der Waals surface area contributed by atoms with Gasteiger partial charge in [-0.05, 0) is 35.9 Å². The van der Waals surface area contributed by atoms with Gasteiger partial charge in [0.25, 0.3) is 0 Å². The van der Waals surface area contributed by atoms with Crippen LogP contribution in [0.4, 0.5) is 13.2 Å². The van der Waals surface area contributed by atoms with E-state index >= 15 is 0 Å². The zero-order valence-electron chi connectivity index (χ0n) is 15.0. The molecule has 0 spiro atoms. The third-order valence-electron chi connectivity index (χ3n) is 4.55. The molecule has 0 N–H and O–H groups in total. The van der Waals surface area contributed by atoms with E-state index in [1.807, 2.05) is 0 Å². The Labute approximate surface area is 179 Å². The quantitative estimate of drug-likeness (QED) is 0.323. The highest BCUT2D eigenvalue weighted by atomic mass is 35.5. The summed E-state index contributed by atoms with van der Waals surface area (Å²) >= 11 is 12.1. The summed E-state index contributed by atoms with van der Waals surface area (Å²) in [6, 6.07) is 13.2. The second-order valence-electron chi connectivity index (χ2n) is 6.42. The minimum atomic E-state index is -4.60. The van der Waals surface area contributed by atoms with E-state index in [-0.39, 0.29) is 37.8 Å². The molecule has 8 heteroatoms. The summed E-state index contributed by atoms with van der Waals surface area (Å²) in [6.45, 7) is 0. The zero-order valence-corrected chi connectivity index (χ0v) is 16.6. The van der Waals surface area contributed by atoms with Crippen LogP contribution >= 0.6 is 23.2 Å². The summed E-state index contributed by atoms with van der Waals surface area (Å²) in [5.41, 5.74) is -0.177. The molecule has 3 nitrogen and oxygen atoms in total. The number of carbonyl (C=O) groups is 1. The first-order valence-electron chi connectivity index (χ1n) is 8.67. The van der Waals surface area contributed by atoms with Crippen LogP contribution in [0, 0.1) is 0 Å². The molecular weight excluding hydrogens is 436 g/mol.